The van der Waals surface area contributed by atoms with E-state index >= 15 is 0 Å². The van der Waals surface area contributed by atoms with Crippen LogP contribution in [0.4, 0.5) is 0 Å². The molecule has 0 heterocycles. The molecule has 0 spiro atoms. The van der Waals surface area contributed by atoms with Gasteiger partial charge < -0.3 is 17.2 Å². The predicted octanol–water partition coefficient (Wildman–Crippen LogP) is 0.404. The first kappa shape index (κ1) is 9.61. The van der Waals surface area contributed by atoms with Gasteiger partial charge in [0.1, 0.15) is 0 Å². The number of benzene rings is 1. The molecule has 0 bridgehead atoms. The number of nitrogens with two attached hydrogens (primary N) is 3. The maximum absolute atomic E-state index is 5.63. The van der Waals surface area contributed by atoms with Crippen LogP contribution in [0.1, 0.15) is 11.1 Å². The Kier molecular flexibility index (Phi) is 3.34. The van der Waals surface area contributed by atoms with Crippen molar-refractivity contribution in [2.45, 2.75) is 6.42 Å². The molecule has 0 amide bonds. The van der Waals surface area contributed by atoms with Crippen LogP contribution >= 0.6 is 0 Å². The summed E-state index contributed by atoms with van der Waals surface area (Å²) in [6.07, 6.45) is 2.30. The second-order valence-electron chi connectivity index (χ2n) is 2.86. The van der Waals surface area contributed by atoms with E-state index in [0.717, 1.165) is 12.0 Å². The standard InChI is InChI=1S/C10H15N3/c11-6-5-8-1-3-9(4-2-8)10(13)7-12/h1-4,7H,5-6,11-13H2/b10-7-. The molecule has 6 N–H and O–H groups in total. The third-order valence-corrected chi connectivity index (χ3v) is 1.90. The van der Waals surface area contributed by atoms with Gasteiger partial charge in [-0.2, -0.15) is 0 Å². The minimum absolute atomic E-state index is 0.597. The molecule has 0 saturated heterocycles. The fourth-order valence-corrected chi connectivity index (χ4v) is 1.13. The molecule has 1 aromatic carbocycles. The highest BCUT2D eigenvalue weighted by Crippen LogP contribution is 2.09. The van der Waals surface area contributed by atoms with Crippen LogP contribution in [-0.2, 0) is 6.42 Å². The topological polar surface area (TPSA) is 78.1 Å². The van der Waals surface area contributed by atoms with Gasteiger partial charge in [-0.3, -0.25) is 0 Å². The van der Waals surface area contributed by atoms with Crippen molar-refractivity contribution in [2.75, 3.05) is 6.54 Å². The van der Waals surface area contributed by atoms with E-state index in [1.54, 1.807) is 0 Å². The molecule has 0 atom stereocenters. The average Bonchev–Trinajstić information content (AvgIpc) is 2.18. The lowest BCUT2D eigenvalue weighted by atomic mass is 10.1. The van der Waals surface area contributed by atoms with E-state index in [9.17, 15) is 0 Å². The number of hydrogen-bond donors (Lipinski definition) is 3. The zero-order chi connectivity index (χ0) is 9.68. The Balaban J connectivity index is 2.81. The fraction of sp³-hybridized carbons (Fsp3) is 0.200. The van der Waals surface area contributed by atoms with Crippen LogP contribution in [0.5, 0.6) is 0 Å². The van der Waals surface area contributed by atoms with Crippen molar-refractivity contribution in [1.82, 2.24) is 0 Å². The second kappa shape index (κ2) is 4.52. The van der Waals surface area contributed by atoms with E-state index < -0.39 is 0 Å². The predicted molar refractivity (Wildman–Crippen MR) is 55.6 cm³/mol. The maximum atomic E-state index is 5.63. The summed E-state index contributed by atoms with van der Waals surface area (Å²) in [7, 11) is 0. The molecular formula is C10H15N3. The summed E-state index contributed by atoms with van der Waals surface area (Å²) in [6.45, 7) is 0.668. The highest BCUT2D eigenvalue weighted by molar-refractivity contribution is 5.62. The zero-order valence-corrected chi connectivity index (χ0v) is 7.53. The highest BCUT2D eigenvalue weighted by atomic mass is 14.6. The minimum Gasteiger partial charge on any atom is -0.403 e. The molecule has 0 saturated carbocycles. The fourth-order valence-electron chi connectivity index (χ4n) is 1.13. The lowest BCUT2D eigenvalue weighted by Crippen LogP contribution is -2.03. The van der Waals surface area contributed by atoms with Crippen LogP contribution in [0.15, 0.2) is 30.5 Å². The third kappa shape index (κ3) is 2.49. The molecule has 0 aliphatic carbocycles. The zero-order valence-electron chi connectivity index (χ0n) is 7.53. The Labute approximate surface area is 78.2 Å². The smallest absolute Gasteiger partial charge is 0.0545 e. The van der Waals surface area contributed by atoms with Crippen molar-refractivity contribution in [1.29, 1.82) is 0 Å². The SMILES string of the molecule is N/C=C(\N)c1ccc(CCN)cc1. The van der Waals surface area contributed by atoms with Crippen LogP contribution in [0.3, 0.4) is 0 Å². The van der Waals surface area contributed by atoms with Crippen molar-refractivity contribution in [2.24, 2.45) is 17.2 Å². The lowest BCUT2D eigenvalue weighted by Gasteiger charge is -2.02. The molecule has 1 rings (SSSR count). The first-order valence-electron chi connectivity index (χ1n) is 4.24. The van der Waals surface area contributed by atoms with E-state index in [1.165, 1.54) is 11.8 Å². The molecule has 3 heteroatoms. The van der Waals surface area contributed by atoms with Gasteiger partial charge in [0.2, 0.25) is 0 Å². The van der Waals surface area contributed by atoms with Crippen molar-refractivity contribution in [3.8, 4) is 0 Å². The Morgan fingerprint density at radius 3 is 2.31 bits per heavy atom. The second-order valence-corrected chi connectivity index (χ2v) is 2.86. The summed E-state index contributed by atoms with van der Waals surface area (Å²) in [5, 5.41) is 0. The van der Waals surface area contributed by atoms with Gasteiger partial charge in [-0.25, -0.2) is 0 Å². The summed E-state index contributed by atoms with van der Waals surface area (Å²) in [5.74, 6) is 0. The van der Waals surface area contributed by atoms with Crippen molar-refractivity contribution in [3.63, 3.8) is 0 Å². The minimum atomic E-state index is 0.597. The molecule has 0 radical (unpaired) electrons. The molecule has 1 aromatic rings. The van der Waals surface area contributed by atoms with Crippen LogP contribution in [-0.4, -0.2) is 6.54 Å². The van der Waals surface area contributed by atoms with Gasteiger partial charge in [0.25, 0.3) is 0 Å². The lowest BCUT2D eigenvalue weighted by molar-refractivity contribution is 0.968. The molecule has 13 heavy (non-hydrogen) atoms. The molecule has 3 nitrogen and oxygen atoms in total. The molecule has 0 aromatic heterocycles. The van der Waals surface area contributed by atoms with Crippen molar-refractivity contribution < 1.29 is 0 Å². The molecular weight excluding hydrogens is 162 g/mol. The molecule has 0 aliphatic heterocycles. The normalized spacial score (nSPS) is 11.6. The summed E-state index contributed by atoms with van der Waals surface area (Å²) in [6, 6.07) is 7.92. The summed E-state index contributed by atoms with van der Waals surface area (Å²) in [5.41, 5.74) is 19.1. The molecule has 0 fully saturated rings. The molecule has 0 unspecified atom stereocenters. The van der Waals surface area contributed by atoms with Gasteiger partial charge in [0.15, 0.2) is 0 Å². The molecule has 70 valence electrons. The van der Waals surface area contributed by atoms with Gasteiger partial charge >= 0.3 is 0 Å². The highest BCUT2D eigenvalue weighted by Gasteiger charge is 1.95. The van der Waals surface area contributed by atoms with Crippen LogP contribution in [0.2, 0.25) is 0 Å². The van der Waals surface area contributed by atoms with Gasteiger partial charge in [0.05, 0.1) is 5.70 Å². The van der Waals surface area contributed by atoms with E-state index in [0.29, 0.717) is 12.2 Å². The quantitative estimate of drug-likeness (QED) is 0.625. The summed E-state index contributed by atoms with van der Waals surface area (Å²) >= 11 is 0. The summed E-state index contributed by atoms with van der Waals surface area (Å²) in [4.78, 5) is 0. The Morgan fingerprint density at radius 2 is 1.85 bits per heavy atom. The average molecular weight is 177 g/mol. The monoisotopic (exact) mass is 177 g/mol. The van der Waals surface area contributed by atoms with E-state index in [4.69, 9.17) is 17.2 Å². The first-order chi connectivity index (χ1) is 6.27. The van der Waals surface area contributed by atoms with Gasteiger partial charge in [-0.05, 0) is 24.1 Å². The Bertz CT molecular complexity index is 288. The Morgan fingerprint density at radius 1 is 1.23 bits per heavy atom. The number of rotatable bonds is 3. The van der Waals surface area contributed by atoms with Gasteiger partial charge in [0, 0.05) is 6.20 Å². The van der Waals surface area contributed by atoms with Gasteiger partial charge in [-0.15, -0.1) is 0 Å². The largest absolute Gasteiger partial charge is 0.403 e. The maximum Gasteiger partial charge on any atom is 0.0545 e. The molecule has 0 aliphatic rings. The summed E-state index contributed by atoms with van der Waals surface area (Å²) < 4.78 is 0. The first-order valence-corrected chi connectivity index (χ1v) is 4.24. The van der Waals surface area contributed by atoms with Crippen molar-refractivity contribution >= 4 is 5.70 Å². The third-order valence-electron chi connectivity index (χ3n) is 1.90. The van der Waals surface area contributed by atoms with E-state index in [1.807, 2.05) is 24.3 Å². The number of hydrogen-bond acceptors (Lipinski definition) is 3. The van der Waals surface area contributed by atoms with Crippen LogP contribution in [0.25, 0.3) is 5.70 Å². The van der Waals surface area contributed by atoms with Crippen LogP contribution in [0, 0.1) is 0 Å². The van der Waals surface area contributed by atoms with Crippen molar-refractivity contribution in [3.05, 3.63) is 41.6 Å². The van der Waals surface area contributed by atoms with E-state index in [-0.39, 0.29) is 0 Å². The van der Waals surface area contributed by atoms with Gasteiger partial charge in [-0.1, -0.05) is 24.3 Å². The van der Waals surface area contributed by atoms with Crippen LogP contribution < -0.4 is 17.2 Å². The Hall–Kier alpha value is -1.48. The van der Waals surface area contributed by atoms with E-state index in [2.05, 4.69) is 0 Å².